The van der Waals surface area contributed by atoms with E-state index in [1.165, 1.54) is 38.0 Å². The number of nitrogens with one attached hydrogen (secondary N) is 1. The molecule has 2 aliphatic rings. The molecule has 3 rings (SSSR count). The molecular formula is C13H22N4. The minimum Gasteiger partial charge on any atom is -0.312 e. The van der Waals surface area contributed by atoms with Crippen LogP contribution in [0.5, 0.6) is 0 Å². The zero-order chi connectivity index (χ0) is 11.7. The lowest BCUT2D eigenvalue weighted by molar-refractivity contribution is 0.220. The van der Waals surface area contributed by atoms with Crippen LogP contribution in [0.1, 0.15) is 18.4 Å². The fourth-order valence-electron chi connectivity index (χ4n) is 3.17. The van der Waals surface area contributed by atoms with Crippen LogP contribution in [0.25, 0.3) is 0 Å². The highest BCUT2D eigenvalue weighted by molar-refractivity contribution is 4.99. The molecule has 0 saturated carbocycles. The average molecular weight is 234 g/mol. The van der Waals surface area contributed by atoms with E-state index in [0.717, 1.165) is 25.0 Å². The van der Waals surface area contributed by atoms with Gasteiger partial charge in [-0.25, -0.2) is 0 Å². The van der Waals surface area contributed by atoms with Gasteiger partial charge < -0.3 is 10.2 Å². The molecule has 2 fully saturated rings. The van der Waals surface area contributed by atoms with Gasteiger partial charge in [-0.2, -0.15) is 5.10 Å². The van der Waals surface area contributed by atoms with Crippen LogP contribution >= 0.6 is 0 Å². The maximum absolute atomic E-state index is 4.31. The Hall–Kier alpha value is -0.870. The van der Waals surface area contributed by atoms with Crippen molar-refractivity contribution in [3.05, 3.63) is 18.0 Å². The summed E-state index contributed by atoms with van der Waals surface area (Å²) in [5, 5.41) is 8.03. The fourth-order valence-corrected chi connectivity index (χ4v) is 3.17. The highest BCUT2D eigenvalue weighted by Crippen LogP contribution is 2.26. The third-order valence-electron chi connectivity index (χ3n) is 4.14. The lowest BCUT2D eigenvalue weighted by atomic mass is 9.94. The van der Waals surface area contributed by atoms with Crippen LogP contribution in [0.3, 0.4) is 0 Å². The monoisotopic (exact) mass is 234 g/mol. The van der Waals surface area contributed by atoms with Crippen LogP contribution in [0.2, 0.25) is 0 Å². The van der Waals surface area contributed by atoms with Gasteiger partial charge in [0.15, 0.2) is 0 Å². The van der Waals surface area contributed by atoms with Crippen molar-refractivity contribution in [2.24, 2.45) is 5.92 Å². The van der Waals surface area contributed by atoms with E-state index in [-0.39, 0.29) is 0 Å². The van der Waals surface area contributed by atoms with Gasteiger partial charge in [-0.3, -0.25) is 4.68 Å². The van der Waals surface area contributed by atoms with Crippen LogP contribution < -0.4 is 5.32 Å². The average Bonchev–Trinajstić information content (AvgIpc) is 2.90. The van der Waals surface area contributed by atoms with Gasteiger partial charge in [0.25, 0.3) is 0 Å². The molecule has 0 aliphatic carbocycles. The minimum atomic E-state index is 0.741. The van der Waals surface area contributed by atoms with Crippen LogP contribution in [-0.4, -0.2) is 46.9 Å². The van der Waals surface area contributed by atoms with Crippen molar-refractivity contribution in [2.45, 2.75) is 32.4 Å². The summed E-state index contributed by atoms with van der Waals surface area (Å²) >= 11 is 0. The van der Waals surface area contributed by atoms with Crippen LogP contribution in [0.4, 0.5) is 0 Å². The van der Waals surface area contributed by atoms with E-state index in [1.807, 2.05) is 10.9 Å². The second kappa shape index (κ2) is 4.78. The summed E-state index contributed by atoms with van der Waals surface area (Å²) in [6.07, 6.45) is 6.75. The second-order valence-electron chi connectivity index (χ2n) is 5.48. The first-order valence-electron chi connectivity index (χ1n) is 6.76. The van der Waals surface area contributed by atoms with Crippen molar-refractivity contribution in [1.29, 1.82) is 0 Å². The predicted octanol–water partition coefficient (Wildman–Crippen LogP) is 0.875. The van der Waals surface area contributed by atoms with Crippen LogP contribution in [0.15, 0.2) is 12.4 Å². The SMILES string of the molecule is Cc1cnn(CCNC2CCN3CCC2C3)c1. The Morgan fingerprint density at radius 3 is 3.12 bits per heavy atom. The summed E-state index contributed by atoms with van der Waals surface area (Å²) < 4.78 is 2.03. The number of aromatic nitrogens is 2. The molecule has 94 valence electrons. The van der Waals surface area contributed by atoms with E-state index < -0.39 is 0 Å². The van der Waals surface area contributed by atoms with Crippen molar-refractivity contribution in [1.82, 2.24) is 20.0 Å². The first-order valence-corrected chi connectivity index (χ1v) is 6.76. The molecule has 3 atom stereocenters. The molecule has 0 aromatic carbocycles. The van der Waals surface area contributed by atoms with E-state index in [1.54, 1.807) is 0 Å². The Labute approximate surface area is 103 Å². The number of hydrogen-bond donors (Lipinski definition) is 1. The molecular weight excluding hydrogens is 212 g/mol. The summed E-state index contributed by atoms with van der Waals surface area (Å²) in [5.41, 5.74) is 1.24. The third-order valence-corrected chi connectivity index (χ3v) is 4.14. The Bertz CT molecular complexity index is 373. The number of piperidine rings is 1. The standard InChI is InChI=1S/C13H22N4/c1-11-8-15-17(9-11)7-4-14-13-3-6-16-5-2-12(13)10-16/h8-9,12-14H,2-7,10H2,1H3. The summed E-state index contributed by atoms with van der Waals surface area (Å²) in [5.74, 6) is 0.892. The van der Waals surface area contributed by atoms with Crippen molar-refractivity contribution >= 4 is 0 Å². The highest BCUT2D eigenvalue weighted by atomic mass is 15.3. The molecule has 4 heteroatoms. The highest BCUT2D eigenvalue weighted by Gasteiger charge is 2.33. The first-order chi connectivity index (χ1) is 8.31. The van der Waals surface area contributed by atoms with Gasteiger partial charge in [0.05, 0.1) is 12.7 Å². The number of nitrogens with zero attached hydrogens (tertiary/aromatic N) is 3. The van der Waals surface area contributed by atoms with E-state index in [2.05, 4.69) is 28.4 Å². The summed E-state index contributed by atoms with van der Waals surface area (Å²) in [7, 11) is 0. The van der Waals surface area contributed by atoms with E-state index in [0.29, 0.717) is 0 Å². The number of rotatable bonds is 4. The quantitative estimate of drug-likeness (QED) is 0.839. The predicted molar refractivity (Wildman–Crippen MR) is 67.9 cm³/mol. The fraction of sp³-hybridized carbons (Fsp3) is 0.769. The van der Waals surface area contributed by atoms with Crippen LogP contribution in [-0.2, 0) is 6.54 Å². The number of hydrogen-bond acceptors (Lipinski definition) is 3. The summed E-state index contributed by atoms with van der Waals surface area (Å²) in [4.78, 5) is 2.60. The molecule has 2 aliphatic heterocycles. The molecule has 17 heavy (non-hydrogen) atoms. The lowest BCUT2D eigenvalue weighted by Gasteiger charge is -2.31. The summed E-state index contributed by atoms with van der Waals surface area (Å²) in [6, 6.07) is 0.741. The first kappa shape index (κ1) is 11.2. The van der Waals surface area contributed by atoms with E-state index in [4.69, 9.17) is 0 Å². The molecule has 1 N–H and O–H groups in total. The van der Waals surface area contributed by atoms with Gasteiger partial charge in [0, 0.05) is 25.3 Å². The van der Waals surface area contributed by atoms with Crippen molar-refractivity contribution in [3.63, 3.8) is 0 Å². The van der Waals surface area contributed by atoms with Crippen molar-refractivity contribution < 1.29 is 0 Å². The molecule has 1 aromatic rings. The Kier molecular flexibility index (Phi) is 3.16. The molecule has 2 saturated heterocycles. The van der Waals surface area contributed by atoms with Crippen molar-refractivity contribution in [2.75, 3.05) is 26.2 Å². The molecule has 2 bridgehead atoms. The number of fused-ring (bicyclic) bond motifs is 2. The van der Waals surface area contributed by atoms with Gasteiger partial charge in [-0.1, -0.05) is 0 Å². The number of aryl methyl sites for hydroxylation is 1. The Morgan fingerprint density at radius 2 is 2.29 bits per heavy atom. The molecule has 4 nitrogen and oxygen atoms in total. The Morgan fingerprint density at radius 1 is 1.41 bits per heavy atom. The Balaban J connectivity index is 1.45. The van der Waals surface area contributed by atoms with Gasteiger partial charge in [0.2, 0.25) is 0 Å². The largest absolute Gasteiger partial charge is 0.312 e. The normalized spacial score (nSPS) is 31.9. The minimum absolute atomic E-state index is 0.741. The van der Waals surface area contributed by atoms with E-state index >= 15 is 0 Å². The van der Waals surface area contributed by atoms with Gasteiger partial charge >= 0.3 is 0 Å². The topological polar surface area (TPSA) is 33.1 Å². The molecule has 3 unspecified atom stereocenters. The van der Waals surface area contributed by atoms with Gasteiger partial charge in [0.1, 0.15) is 0 Å². The maximum Gasteiger partial charge on any atom is 0.0534 e. The molecule has 0 amide bonds. The smallest absolute Gasteiger partial charge is 0.0534 e. The van der Waals surface area contributed by atoms with Crippen LogP contribution in [0, 0.1) is 12.8 Å². The molecule has 3 heterocycles. The van der Waals surface area contributed by atoms with Gasteiger partial charge in [-0.15, -0.1) is 0 Å². The third kappa shape index (κ3) is 2.53. The zero-order valence-electron chi connectivity index (χ0n) is 10.6. The summed E-state index contributed by atoms with van der Waals surface area (Å²) in [6.45, 7) is 8.04. The second-order valence-corrected chi connectivity index (χ2v) is 5.48. The van der Waals surface area contributed by atoms with Gasteiger partial charge in [-0.05, 0) is 44.3 Å². The van der Waals surface area contributed by atoms with Crippen molar-refractivity contribution in [3.8, 4) is 0 Å². The van der Waals surface area contributed by atoms with E-state index in [9.17, 15) is 0 Å². The maximum atomic E-state index is 4.31. The lowest BCUT2D eigenvalue weighted by Crippen LogP contribution is -2.44. The zero-order valence-corrected chi connectivity index (χ0v) is 10.6. The molecule has 1 aromatic heterocycles. The molecule has 0 spiro atoms. The molecule has 0 radical (unpaired) electrons.